The summed E-state index contributed by atoms with van der Waals surface area (Å²) in [5.74, 6) is 0.195. The van der Waals surface area contributed by atoms with Gasteiger partial charge in [-0.05, 0) is 32.2 Å². The molecule has 20 heavy (non-hydrogen) atoms. The van der Waals surface area contributed by atoms with E-state index in [9.17, 15) is 9.90 Å². The fraction of sp³-hybridized carbons (Fsp3) is 0.938. The van der Waals surface area contributed by atoms with Gasteiger partial charge in [-0.25, -0.2) is 0 Å². The smallest absolute Gasteiger partial charge is 0.222 e. The molecule has 0 bridgehead atoms. The maximum Gasteiger partial charge on any atom is 0.222 e. The average molecular weight is 282 g/mol. The number of nitrogens with zero attached hydrogens (tertiary/aromatic N) is 1. The number of nitrogens with one attached hydrogen (secondary N) is 1. The Morgan fingerprint density at radius 1 is 1.30 bits per heavy atom. The second-order valence-electron chi connectivity index (χ2n) is 7.02. The van der Waals surface area contributed by atoms with Crippen molar-refractivity contribution in [1.82, 2.24) is 10.2 Å². The molecule has 0 radical (unpaired) electrons. The highest BCUT2D eigenvalue weighted by Gasteiger charge is 2.33. The maximum atomic E-state index is 11.8. The largest absolute Gasteiger partial charge is 0.389 e. The molecule has 1 saturated heterocycles. The summed E-state index contributed by atoms with van der Waals surface area (Å²) in [6.45, 7) is 6.58. The van der Waals surface area contributed by atoms with Crippen LogP contribution in [0.5, 0.6) is 0 Å². The Morgan fingerprint density at radius 3 is 2.65 bits per heavy atom. The van der Waals surface area contributed by atoms with Crippen LogP contribution in [-0.4, -0.2) is 47.2 Å². The molecule has 1 atom stereocenters. The molecule has 2 rings (SSSR count). The molecule has 2 fully saturated rings. The van der Waals surface area contributed by atoms with Gasteiger partial charge in [0.15, 0.2) is 0 Å². The van der Waals surface area contributed by atoms with E-state index in [1.165, 1.54) is 6.42 Å². The molecular formula is C16H30N2O2. The molecule has 1 aliphatic heterocycles. The highest BCUT2D eigenvalue weighted by atomic mass is 16.3. The Bertz CT molecular complexity index is 324. The van der Waals surface area contributed by atoms with Crippen LogP contribution >= 0.6 is 0 Å². The van der Waals surface area contributed by atoms with Crippen LogP contribution in [0.15, 0.2) is 0 Å². The number of amides is 1. The van der Waals surface area contributed by atoms with Crippen molar-refractivity contribution in [3.63, 3.8) is 0 Å². The van der Waals surface area contributed by atoms with Crippen LogP contribution in [0.3, 0.4) is 0 Å². The third-order valence-electron chi connectivity index (χ3n) is 4.68. The van der Waals surface area contributed by atoms with E-state index in [-0.39, 0.29) is 17.9 Å². The lowest BCUT2D eigenvalue weighted by Crippen LogP contribution is -2.53. The van der Waals surface area contributed by atoms with Crippen LogP contribution in [0.25, 0.3) is 0 Å². The van der Waals surface area contributed by atoms with Crippen LogP contribution in [0.2, 0.25) is 0 Å². The lowest BCUT2D eigenvalue weighted by atomic mass is 9.84. The number of likely N-dealkylation sites (tertiary alicyclic amines) is 1. The van der Waals surface area contributed by atoms with E-state index < -0.39 is 5.60 Å². The van der Waals surface area contributed by atoms with Crippen molar-refractivity contribution in [2.24, 2.45) is 5.92 Å². The molecule has 1 saturated carbocycles. The second-order valence-corrected chi connectivity index (χ2v) is 7.02. The number of piperidine rings is 1. The molecule has 0 aromatic rings. The van der Waals surface area contributed by atoms with Gasteiger partial charge in [-0.3, -0.25) is 9.69 Å². The summed E-state index contributed by atoms with van der Waals surface area (Å²) in [4.78, 5) is 14.1. The van der Waals surface area contributed by atoms with E-state index in [1.54, 1.807) is 0 Å². The molecule has 4 nitrogen and oxygen atoms in total. The van der Waals surface area contributed by atoms with E-state index in [0.29, 0.717) is 0 Å². The predicted octanol–water partition coefficient (Wildman–Crippen LogP) is 1.92. The lowest BCUT2D eigenvalue weighted by molar-refractivity contribution is -0.125. The van der Waals surface area contributed by atoms with Crippen LogP contribution in [0.4, 0.5) is 0 Å². The van der Waals surface area contributed by atoms with E-state index in [0.717, 1.165) is 58.2 Å². The SMILES string of the molecule is CC(C)C(=O)NC1CCCN(CC2(O)CCCCC2)C1. The van der Waals surface area contributed by atoms with Gasteiger partial charge in [0.05, 0.1) is 5.60 Å². The van der Waals surface area contributed by atoms with E-state index in [4.69, 9.17) is 0 Å². The molecule has 1 heterocycles. The van der Waals surface area contributed by atoms with Gasteiger partial charge in [0, 0.05) is 25.0 Å². The van der Waals surface area contributed by atoms with Crippen LogP contribution in [0, 0.1) is 5.92 Å². The molecule has 0 spiro atoms. The minimum absolute atomic E-state index is 0.0490. The molecule has 1 aliphatic carbocycles. The summed E-state index contributed by atoms with van der Waals surface area (Å²) in [5, 5.41) is 13.8. The first-order valence-electron chi connectivity index (χ1n) is 8.24. The van der Waals surface area contributed by atoms with Gasteiger partial charge in [-0.15, -0.1) is 0 Å². The third-order valence-corrected chi connectivity index (χ3v) is 4.68. The number of aliphatic hydroxyl groups is 1. The van der Waals surface area contributed by atoms with Gasteiger partial charge >= 0.3 is 0 Å². The van der Waals surface area contributed by atoms with Crippen molar-refractivity contribution >= 4 is 5.91 Å². The highest BCUT2D eigenvalue weighted by Crippen LogP contribution is 2.29. The fourth-order valence-corrected chi connectivity index (χ4v) is 3.47. The average Bonchev–Trinajstić information content (AvgIpc) is 2.39. The van der Waals surface area contributed by atoms with Crippen LogP contribution < -0.4 is 5.32 Å². The Balaban J connectivity index is 1.82. The van der Waals surface area contributed by atoms with Gasteiger partial charge in [0.1, 0.15) is 0 Å². The summed E-state index contributed by atoms with van der Waals surface area (Å²) in [6, 6.07) is 0.255. The van der Waals surface area contributed by atoms with Crippen molar-refractivity contribution in [1.29, 1.82) is 0 Å². The second kappa shape index (κ2) is 6.90. The van der Waals surface area contributed by atoms with Crippen molar-refractivity contribution in [3.8, 4) is 0 Å². The number of hydrogen-bond acceptors (Lipinski definition) is 3. The molecule has 1 amide bonds. The zero-order valence-electron chi connectivity index (χ0n) is 13.0. The first kappa shape index (κ1) is 15.8. The summed E-state index contributed by atoms with van der Waals surface area (Å²) in [7, 11) is 0. The highest BCUT2D eigenvalue weighted by molar-refractivity contribution is 5.78. The van der Waals surface area contributed by atoms with Crippen molar-refractivity contribution in [2.45, 2.75) is 70.4 Å². The first-order chi connectivity index (χ1) is 9.48. The molecule has 116 valence electrons. The number of β-amino-alcohol motifs (C(OH)–C–C–N with tert-alkyl or cyclic N) is 1. The van der Waals surface area contributed by atoms with E-state index >= 15 is 0 Å². The van der Waals surface area contributed by atoms with E-state index in [2.05, 4.69) is 10.2 Å². The number of hydrogen-bond donors (Lipinski definition) is 2. The normalized spacial score (nSPS) is 27.5. The Hall–Kier alpha value is -0.610. The predicted molar refractivity (Wildman–Crippen MR) is 80.5 cm³/mol. The van der Waals surface area contributed by atoms with Gasteiger partial charge in [0.25, 0.3) is 0 Å². The summed E-state index contributed by atoms with van der Waals surface area (Å²) in [6.07, 6.45) is 7.61. The minimum atomic E-state index is -0.484. The van der Waals surface area contributed by atoms with Gasteiger partial charge < -0.3 is 10.4 Å². The van der Waals surface area contributed by atoms with Crippen molar-refractivity contribution < 1.29 is 9.90 Å². The zero-order valence-corrected chi connectivity index (χ0v) is 13.0. The molecule has 0 aromatic carbocycles. The van der Waals surface area contributed by atoms with E-state index in [1.807, 2.05) is 13.8 Å². The lowest BCUT2D eigenvalue weighted by Gasteiger charge is -2.40. The Labute approximate surface area is 122 Å². The summed E-state index contributed by atoms with van der Waals surface area (Å²) >= 11 is 0. The number of carbonyl (C=O) groups excluding carboxylic acids is 1. The Morgan fingerprint density at radius 2 is 2.00 bits per heavy atom. The first-order valence-corrected chi connectivity index (χ1v) is 8.24. The monoisotopic (exact) mass is 282 g/mol. The molecule has 0 aromatic heterocycles. The number of carbonyl (C=O) groups is 1. The molecule has 4 heteroatoms. The molecule has 1 unspecified atom stereocenters. The quantitative estimate of drug-likeness (QED) is 0.828. The standard InChI is InChI=1S/C16H30N2O2/c1-13(2)15(19)17-14-7-6-10-18(11-14)12-16(20)8-4-3-5-9-16/h13-14,20H,3-12H2,1-2H3,(H,17,19). The van der Waals surface area contributed by atoms with Gasteiger partial charge in [-0.1, -0.05) is 33.1 Å². The maximum absolute atomic E-state index is 11.8. The number of rotatable bonds is 4. The van der Waals surface area contributed by atoms with Gasteiger partial charge in [-0.2, -0.15) is 0 Å². The summed E-state index contributed by atoms with van der Waals surface area (Å²) < 4.78 is 0. The van der Waals surface area contributed by atoms with Crippen LogP contribution in [0.1, 0.15) is 58.8 Å². The third kappa shape index (κ3) is 4.45. The zero-order chi connectivity index (χ0) is 14.6. The van der Waals surface area contributed by atoms with Crippen LogP contribution in [-0.2, 0) is 4.79 Å². The Kier molecular flexibility index (Phi) is 5.44. The van der Waals surface area contributed by atoms with Gasteiger partial charge in [0.2, 0.25) is 5.91 Å². The minimum Gasteiger partial charge on any atom is -0.389 e. The molecule has 2 aliphatic rings. The van der Waals surface area contributed by atoms with Crippen molar-refractivity contribution in [2.75, 3.05) is 19.6 Å². The molecule has 2 N–H and O–H groups in total. The topological polar surface area (TPSA) is 52.6 Å². The fourth-order valence-electron chi connectivity index (χ4n) is 3.47. The summed E-state index contributed by atoms with van der Waals surface area (Å²) in [5.41, 5.74) is -0.484. The molecular weight excluding hydrogens is 252 g/mol. The van der Waals surface area contributed by atoms with Crippen molar-refractivity contribution in [3.05, 3.63) is 0 Å².